The third-order valence-corrected chi connectivity index (χ3v) is 4.31. The molecule has 20 heavy (non-hydrogen) atoms. The van der Waals surface area contributed by atoms with E-state index in [-0.39, 0.29) is 0 Å². The van der Waals surface area contributed by atoms with Crippen LogP contribution in [0.2, 0.25) is 0 Å². The predicted molar refractivity (Wildman–Crippen MR) is 79.2 cm³/mol. The number of ether oxygens (including phenoxy) is 1. The van der Waals surface area contributed by atoms with Crippen LogP contribution in [0.4, 0.5) is 0 Å². The molecule has 0 aliphatic carbocycles. The van der Waals surface area contributed by atoms with Crippen molar-refractivity contribution in [3.63, 3.8) is 0 Å². The maximum absolute atomic E-state index is 11.9. The molecule has 1 unspecified atom stereocenters. The summed E-state index contributed by atoms with van der Waals surface area (Å²) in [6.07, 6.45) is 7.02. The van der Waals surface area contributed by atoms with Crippen LogP contribution in [0.25, 0.3) is 0 Å². The number of aliphatic carboxylic acids is 1. The minimum atomic E-state index is -0.749. The number of hydrogen-bond donors (Lipinski definition) is 1. The second-order valence-electron chi connectivity index (χ2n) is 5.65. The van der Waals surface area contributed by atoms with Gasteiger partial charge in [-0.25, -0.2) is 0 Å². The molecule has 110 valence electrons. The van der Waals surface area contributed by atoms with Gasteiger partial charge >= 0.3 is 5.97 Å². The van der Waals surface area contributed by atoms with Crippen LogP contribution in [-0.2, 0) is 10.2 Å². The Morgan fingerprint density at radius 3 is 2.75 bits per heavy atom. The van der Waals surface area contributed by atoms with E-state index < -0.39 is 11.4 Å². The normalized spacial score (nSPS) is 21.1. The lowest BCUT2D eigenvalue weighted by molar-refractivity contribution is -0.145. The summed E-state index contributed by atoms with van der Waals surface area (Å²) in [5, 5.41) is 9.78. The van der Waals surface area contributed by atoms with Gasteiger partial charge in [0.25, 0.3) is 0 Å². The summed E-state index contributed by atoms with van der Waals surface area (Å²) in [7, 11) is 0. The van der Waals surface area contributed by atoms with Gasteiger partial charge in [0.15, 0.2) is 0 Å². The van der Waals surface area contributed by atoms with Gasteiger partial charge in [0, 0.05) is 12.0 Å². The number of hydrogen-bond acceptors (Lipinski definition) is 2. The Labute approximate surface area is 121 Å². The van der Waals surface area contributed by atoms with Gasteiger partial charge in [0.1, 0.15) is 5.75 Å². The Balaban J connectivity index is 2.13. The van der Waals surface area contributed by atoms with Crippen molar-refractivity contribution in [2.45, 2.75) is 57.3 Å². The van der Waals surface area contributed by atoms with E-state index in [1.165, 1.54) is 19.3 Å². The molecule has 3 nitrogen and oxygen atoms in total. The van der Waals surface area contributed by atoms with Crippen molar-refractivity contribution in [1.82, 2.24) is 0 Å². The number of fused-ring (bicyclic) bond motifs is 1. The van der Waals surface area contributed by atoms with E-state index >= 15 is 0 Å². The molecule has 1 atom stereocenters. The Hall–Kier alpha value is -1.51. The minimum absolute atomic E-state index is 0.498. The van der Waals surface area contributed by atoms with Crippen LogP contribution in [0.5, 0.6) is 5.75 Å². The first kappa shape index (κ1) is 14.9. The fourth-order valence-corrected chi connectivity index (χ4v) is 3.08. The lowest BCUT2D eigenvalue weighted by Crippen LogP contribution is -2.40. The van der Waals surface area contributed by atoms with Crippen LogP contribution in [0.3, 0.4) is 0 Å². The number of rotatable bonds is 7. The second-order valence-corrected chi connectivity index (χ2v) is 5.65. The van der Waals surface area contributed by atoms with Crippen molar-refractivity contribution < 1.29 is 14.6 Å². The van der Waals surface area contributed by atoms with E-state index in [4.69, 9.17) is 4.74 Å². The molecule has 0 amide bonds. The summed E-state index contributed by atoms with van der Waals surface area (Å²) in [6, 6.07) is 7.60. The highest BCUT2D eigenvalue weighted by Gasteiger charge is 2.43. The molecule has 0 radical (unpaired) electrons. The van der Waals surface area contributed by atoms with Crippen molar-refractivity contribution in [3.05, 3.63) is 29.8 Å². The first-order valence-electron chi connectivity index (χ1n) is 7.66. The average Bonchev–Trinajstić information content (AvgIpc) is 2.47. The highest BCUT2D eigenvalue weighted by Crippen LogP contribution is 2.42. The lowest BCUT2D eigenvalue weighted by Gasteiger charge is -2.35. The van der Waals surface area contributed by atoms with E-state index in [0.717, 1.165) is 24.2 Å². The van der Waals surface area contributed by atoms with Crippen LogP contribution >= 0.6 is 0 Å². The molecule has 0 saturated carbocycles. The van der Waals surface area contributed by atoms with Gasteiger partial charge in [-0.15, -0.1) is 0 Å². The van der Waals surface area contributed by atoms with Gasteiger partial charge in [-0.1, -0.05) is 57.2 Å². The first-order valence-corrected chi connectivity index (χ1v) is 7.66. The molecule has 0 saturated heterocycles. The Morgan fingerprint density at radius 2 is 2.00 bits per heavy atom. The molecule has 0 aromatic heterocycles. The minimum Gasteiger partial charge on any atom is -0.493 e. The monoisotopic (exact) mass is 276 g/mol. The fourth-order valence-electron chi connectivity index (χ4n) is 3.08. The molecule has 1 aromatic rings. The molecule has 0 fully saturated rings. The van der Waals surface area contributed by atoms with Gasteiger partial charge in [-0.3, -0.25) is 4.79 Å². The van der Waals surface area contributed by atoms with Gasteiger partial charge in [0.05, 0.1) is 12.0 Å². The number of carbonyl (C=O) groups is 1. The molecule has 1 N–H and O–H groups in total. The second kappa shape index (κ2) is 6.78. The standard InChI is InChI=1S/C17H24O3/c1-2-3-4-5-8-11-17(16(18)19)12-13-20-15-10-7-6-9-14(15)17/h6-7,9-10H,2-5,8,11-13H2,1H3,(H,18,19). The SMILES string of the molecule is CCCCCCCC1(C(=O)O)CCOc2ccccc21. The van der Waals surface area contributed by atoms with Crippen LogP contribution in [0.15, 0.2) is 24.3 Å². The van der Waals surface area contributed by atoms with E-state index in [9.17, 15) is 9.90 Å². The van der Waals surface area contributed by atoms with Gasteiger partial charge in [-0.05, 0) is 12.5 Å². The molecule has 0 spiro atoms. The summed E-state index contributed by atoms with van der Waals surface area (Å²) >= 11 is 0. The van der Waals surface area contributed by atoms with E-state index in [2.05, 4.69) is 6.92 Å². The molecule has 1 aromatic carbocycles. The molecule has 1 aliphatic rings. The van der Waals surface area contributed by atoms with Gasteiger partial charge < -0.3 is 9.84 Å². The maximum atomic E-state index is 11.9. The smallest absolute Gasteiger partial charge is 0.314 e. The number of benzene rings is 1. The molecule has 1 heterocycles. The number of carboxylic acids is 1. The van der Waals surface area contributed by atoms with E-state index in [1.54, 1.807) is 0 Å². The zero-order valence-corrected chi connectivity index (χ0v) is 12.2. The van der Waals surface area contributed by atoms with Gasteiger partial charge in [0.2, 0.25) is 0 Å². The third kappa shape index (κ3) is 2.97. The van der Waals surface area contributed by atoms with Crippen LogP contribution < -0.4 is 4.74 Å². The lowest BCUT2D eigenvalue weighted by atomic mass is 9.72. The van der Waals surface area contributed by atoms with Crippen molar-refractivity contribution in [2.24, 2.45) is 0 Å². The fraction of sp³-hybridized carbons (Fsp3) is 0.588. The quantitative estimate of drug-likeness (QED) is 0.761. The topological polar surface area (TPSA) is 46.5 Å². The van der Waals surface area contributed by atoms with Crippen molar-refractivity contribution >= 4 is 5.97 Å². The molecule has 2 rings (SSSR count). The summed E-state index contributed by atoms with van der Waals surface area (Å²) in [4.78, 5) is 11.9. The summed E-state index contributed by atoms with van der Waals surface area (Å²) < 4.78 is 5.61. The van der Waals surface area contributed by atoms with Crippen LogP contribution in [-0.4, -0.2) is 17.7 Å². The van der Waals surface area contributed by atoms with Crippen LogP contribution in [0.1, 0.15) is 57.4 Å². The average molecular weight is 276 g/mol. The van der Waals surface area contributed by atoms with Crippen molar-refractivity contribution in [3.8, 4) is 5.75 Å². The molecule has 3 heteroatoms. The molecular formula is C17H24O3. The Kier molecular flexibility index (Phi) is 5.05. The highest BCUT2D eigenvalue weighted by atomic mass is 16.5. The summed E-state index contributed by atoms with van der Waals surface area (Å²) in [5.41, 5.74) is 0.107. The Morgan fingerprint density at radius 1 is 1.25 bits per heavy atom. The third-order valence-electron chi connectivity index (χ3n) is 4.31. The predicted octanol–water partition coefficient (Wildman–Crippen LogP) is 4.15. The zero-order valence-electron chi connectivity index (χ0n) is 12.2. The van der Waals surface area contributed by atoms with Crippen molar-refractivity contribution in [1.29, 1.82) is 0 Å². The number of para-hydroxylation sites is 1. The zero-order chi connectivity index (χ0) is 14.4. The maximum Gasteiger partial charge on any atom is 0.314 e. The Bertz CT molecular complexity index is 455. The van der Waals surface area contributed by atoms with E-state index in [0.29, 0.717) is 19.4 Å². The highest BCUT2D eigenvalue weighted by molar-refractivity contribution is 5.83. The number of carboxylic acid groups (broad SMARTS) is 1. The summed E-state index contributed by atoms with van der Waals surface area (Å²) in [6.45, 7) is 2.69. The number of unbranched alkanes of at least 4 members (excludes halogenated alkanes) is 4. The summed E-state index contributed by atoms with van der Waals surface area (Å²) in [5.74, 6) is 0.0402. The largest absolute Gasteiger partial charge is 0.493 e. The first-order chi connectivity index (χ1) is 9.70. The molecular weight excluding hydrogens is 252 g/mol. The van der Waals surface area contributed by atoms with Gasteiger partial charge in [-0.2, -0.15) is 0 Å². The molecule has 0 bridgehead atoms. The van der Waals surface area contributed by atoms with Crippen molar-refractivity contribution in [2.75, 3.05) is 6.61 Å². The molecule has 1 aliphatic heterocycles. The van der Waals surface area contributed by atoms with E-state index in [1.807, 2.05) is 24.3 Å². The van der Waals surface area contributed by atoms with Crippen LogP contribution in [0, 0.1) is 0 Å².